The van der Waals surface area contributed by atoms with Crippen LogP contribution in [0.25, 0.3) is 11.3 Å². The number of hydrogen-bond donors (Lipinski definition) is 1. The van der Waals surface area contributed by atoms with E-state index in [1.165, 1.54) is 11.1 Å². The van der Waals surface area contributed by atoms with E-state index in [1.807, 2.05) is 24.3 Å². The lowest BCUT2D eigenvalue weighted by Gasteiger charge is -2.25. The van der Waals surface area contributed by atoms with Gasteiger partial charge in [-0.25, -0.2) is 0 Å². The van der Waals surface area contributed by atoms with E-state index >= 15 is 0 Å². The Morgan fingerprint density at radius 1 is 1.06 bits per heavy atom. The van der Waals surface area contributed by atoms with Gasteiger partial charge in [0, 0.05) is 23.6 Å². The summed E-state index contributed by atoms with van der Waals surface area (Å²) >= 11 is 0. The molecule has 0 aromatic heterocycles. The fraction of sp³-hybridized carbons (Fsp3) is 0.192. The number of allylic oxidation sites excluding steroid dienone is 5. The third-order valence-electron chi connectivity index (χ3n) is 5.56. The lowest BCUT2D eigenvalue weighted by Crippen LogP contribution is -2.30. The van der Waals surface area contributed by atoms with Crippen molar-refractivity contribution in [2.24, 2.45) is 9.98 Å². The van der Waals surface area contributed by atoms with Gasteiger partial charge in [0.05, 0.1) is 12.2 Å². The van der Waals surface area contributed by atoms with Crippen LogP contribution in [0.15, 0.2) is 76.3 Å². The first-order valence-corrected chi connectivity index (χ1v) is 10.5. The summed E-state index contributed by atoms with van der Waals surface area (Å²) in [7, 11) is 0. The van der Waals surface area contributed by atoms with Crippen molar-refractivity contribution >= 4 is 35.4 Å². The average molecular weight is 409 g/mol. The number of para-hydroxylation sites is 1. The van der Waals surface area contributed by atoms with Crippen LogP contribution in [-0.4, -0.2) is 30.9 Å². The topological polar surface area (TPSA) is 63.0 Å². The number of nitrogens with zero attached hydrogens (tertiary/aromatic N) is 2. The van der Waals surface area contributed by atoms with Gasteiger partial charge < -0.3 is 10.1 Å². The Bertz CT molecular complexity index is 1210. The van der Waals surface area contributed by atoms with Crippen molar-refractivity contribution in [3.8, 4) is 5.75 Å². The molecule has 0 fully saturated rings. The second-order valence-electron chi connectivity index (χ2n) is 8.05. The highest BCUT2D eigenvalue weighted by Gasteiger charge is 2.27. The monoisotopic (exact) mass is 409 g/mol. The average Bonchev–Trinajstić information content (AvgIpc) is 3.64. The minimum atomic E-state index is -0.524. The molecule has 5 heteroatoms. The van der Waals surface area contributed by atoms with Crippen LogP contribution in [0.5, 0.6) is 5.75 Å². The molecule has 0 radical (unpaired) electrons. The first-order chi connectivity index (χ1) is 15.1. The van der Waals surface area contributed by atoms with Crippen molar-refractivity contribution in [3.05, 3.63) is 83.0 Å². The normalized spacial score (nSPS) is 18.5. The first kappa shape index (κ1) is 19.2. The third-order valence-corrected chi connectivity index (χ3v) is 5.56. The van der Waals surface area contributed by atoms with E-state index in [9.17, 15) is 4.79 Å². The Labute approximate surface area is 181 Å². The number of anilines is 1. The lowest BCUT2D eigenvalue weighted by molar-refractivity contribution is -0.117. The molecule has 0 saturated heterocycles. The molecule has 2 aliphatic heterocycles. The van der Waals surface area contributed by atoms with E-state index in [0.717, 1.165) is 22.5 Å². The Morgan fingerprint density at radius 2 is 1.87 bits per heavy atom. The summed E-state index contributed by atoms with van der Waals surface area (Å²) in [5.74, 6) is 1.61. The number of aliphatic imine (C=N–C) groups is 2. The predicted octanol–water partition coefficient (Wildman–Crippen LogP) is 5.03. The van der Waals surface area contributed by atoms with E-state index in [-0.39, 0.29) is 5.91 Å². The number of carbonyl (C=O) groups excluding carboxylic acids is 1. The van der Waals surface area contributed by atoms with Crippen LogP contribution in [-0.2, 0) is 4.79 Å². The van der Waals surface area contributed by atoms with Crippen LogP contribution >= 0.6 is 0 Å². The second-order valence-corrected chi connectivity index (χ2v) is 8.05. The number of benzene rings is 2. The van der Waals surface area contributed by atoms with Crippen molar-refractivity contribution in [1.29, 1.82) is 0 Å². The minimum Gasteiger partial charge on any atom is -0.454 e. The molecular weight excluding hydrogens is 386 g/mol. The summed E-state index contributed by atoms with van der Waals surface area (Å²) in [6.07, 6.45) is 9.46. The Morgan fingerprint density at radius 3 is 2.61 bits per heavy atom. The highest BCUT2D eigenvalue weighted by molar-refractivity contribution is 6.17. The number of rotatable bonds is 4. The van der Waals surface area contributed by atoms with Gasteiger partial charge in [-0.1, -0.05) is 62.4 Å². The molecule has 1 N–H and O–H groups in total. The highest BCUT2D eigenvalue weighted by Crippen LogP contribution is 2.45. The third kappa shape index (κ3) is 3.75. The molecule has 0 bridgehead atoms. The standard InChI is InChI=1S/C26H23N3O2/c1-16(2)18-6-3-4-7-19(18)24-14-21(17-10-11-17)20-8-5-9-22(25(20)31-24)29-26(30)23-15-27-12-13-28-23/h3-14,16,23H,15H2,1-2H3,(H,29,30). The summed E-state index contributed by atoms with van der Waals surface area (Å²) in [6.45, 7) is 4.71. The molecule has 1 unspecified atom stereocenters. The smallest absolute Gasteiger partial charge is 0.251 e. The summed E-state index contributed by atoms with van der Waals surface area (Å²) < 4.78 is 6.45. The molecule has 154 valence electrons. The van der Waals surface area contributed by atoms with E-state index < -0.39 is 6.04 Å². The van der Waals surface area contributed by atoms with E-state index in [2.05, 4.69) is 65.6 Å². The van der Waals surface area contributed by atoms with E-state index in [1.54, 1.807) is 12.4 Å². The minimum absolute atomic E-state index is 0.192. The number of nitrogens with one attached hydrogen (secondary N) is 1. The van der Waals surface area contributed by atoms with E-state index in [0.29, 0.717) is 23.9 Å². The summed E-state index contributed by atoms with van der Waals surface area (Å²) in [5, 5.41) is 3.01. The molecule has 5 nitrogen and oxygen atoms in total. The number of fused-ring (bicyclic) bond motifs is 1. The fourth-order valence-corrected chi connectivity index (χ4v) is 3.89. The predicted molar refractivity (Wildman–Crippen MR) is 126 cm³/mol. The zero-order valence-electron chi connectivity index (χ0n) is 17.5. The molecule has 2 aromatic carbocycles. The molecule has 31 heavy (non-hydrogen) atoms. The van der Waals surface area contributed by atoms with Gasteiger partial charge in [-0.15, -0.1) is 0 Å². The second kappa shape index (κ2) is 7.84. The summed E-state index contributed by atoms with van der Waals surface area (Å²) in [4.78, 5) is 21.1. The fourth-order valence-electron chi connectivity index (χ4n) is 3.89. The molecular formula is C26H23N3O2. The SMILES string of the molecule is CC(C)c1ccccc1C1=CC(=C2C=C2)c2cccc(NC(=O)C3CN=CC=N3)c2O1. The Kier molecular flexibility index (Phi) is 4.86. The molecule has 0 saturated carbocycles. The van der Waals surface area contributed by atoms with Gasteiger partial charge in [-0.05, 0) is 34.8 Å². The summed E-state index contributed by atoms with van der Waals surface area (Å²) in [5.41, 5.74) is 6.17. The van der Waals surface area contributed by atoms with Crippen molar-refractivity contribution in [2.75, 3.05) is 11.9 Å². The molecule has 5 rings (SSSR count). The van der Waals surface area contributed by atoms with Gasteiger partial charge in [0.15, 0.2) is 5.75 Å². The molecule has 2 heterocycles. The maximum atomic E-state index is 12.8. The largest absolute Gasteiger partial charge is 0.454 e. The number of hydrogen-bond acceptors (Lipinski definition) is 4. The molecule has 1 amide bonds. The number of carbonyl (C=O) groups is 1. The Balaban J connectivity index is 1.54. The molecule has 1 atom stereocenters. The molecule has 0 spiro atoms. The van der Waals surface area contributed by atoms with Crippen LogP contribution in [0.2, 0.25) is 0 Å². The van der Waals surface area contributed by atoms with Crippen LogP contribution in [0.3, 0.4) is 0 Å². The van der Waals surface area contributed by atoms with Crippen molar-refractivity contribution in [3.63, 3.8) is 0 Å². The maximum Gasteiger partial charge on any atom is 0.251 e. The molecule has 3 aliphatic rings. The molecule has 1 aliphatic carbocycles. The van der Waals surface area contributed by atoms with Gasteiger partial charge in [0.25, 0.3) is 5.91 Å². The summed E-state index contributed by atoms with van der Waals surface area (Å²) in [6, 6.07) is 13.6. The van der Waals surface area contributed by atoms with Gasteiger partial charge in [0.2, 0.25) is 0 Å². The quantitative estimate of drug-likeness (QED) is 0.770. The molecule has 2 aromatic rings. The van der Waals surface area contributed by atoms with Gasteiger partial charge in [-0.2, -0.15) is 0 Å². The van der Waals surface area contributed by atoms with Crippen LogP contribution in [0, 0.1) is 0 Å². The van der Waals surface area contributed by atoms with Crippen molar-refractivity contribution in [2.45, 2.75) is 25.8 Å². The Hall–Kier alpha value is -3.73. The van der Waals surface area contributed by atoms with Gasteiger partial charge in [0.1, 0.15) is 11.8 Å². The maximum absolute atomic E-state index is 12.8. The zero-order valence-corrected chi connectivity index (χ0v) is 17.5. The van der Waals surface area contributed by atoms with Crippen LogP contribution in [0.4, 0.5) is 5.69 Å². The van der Waals surface area contributed by atoms with Crippen LogP contribution < -0.4 is 10.1 Å². The van der Waals surface area contributed by atoms with Crippen molar-refractivity contribution in [1.82, 2.24) is 0 Å². The zero-order chi connectivity index (χ0) is 21.4. The van der Waals surface area contributed by atoms with E-state index in [4.69, 9.17) is 4.74 Å². The van der Waals surface area contributed by atoms with Crippen LogP contribution in [0.1, 0.15) is 36.5 Å². The lowest BCUT2D eigenvalue weighted by atomic mass is 9.92. The number of amides is 1. The first-order valence-electron chi connectivity index (χ1n) is 10.5. The number of ether oxygens (including phenoxy) is 1. The van der Waals surface area contributed by atoms with Crippen molar-refractivity contribution < 1.29 is 9.53 Å². The van der Waals surface area contributed by atoms with Gasteiger partial charge in [-0.3, -0.25) is 14.8 Å². The van der Waals surface area contributed by atoms with Gasteiger partial charge >= 0.3 is 0 Å². The highest BCUT2D eigenvalue weighted by atomic mass is 16.5.